The number of amidine groups is 1. The van der Waals surface area contributed by atoms with Crippen molar-refractivity contribution in [3.05, 3.63) is 29.8 Å². The van der Waals surface area contributed by atoms with E-state index in [0.29, 0.717) is 22.8 Å². The van der Waals surface area contributed by atoms with E-state index in [1.807, 2.05) is 6.07 Å². The van der Waals surface area contributed by atoms with Crippen molar-refractivity contribution >= 4 is 15.9 Å². The van der Waals surface area contributed by atoms with E-state index in [-0.39, 0.29) is 6.04 Å². The molecule has 1 aromatic carbocycles. The number of piperidine rings is 1. The fraction of sp³-hybridized carbons (Fsp3) is 0.429. The topological polar surface area (TPSA) is 85.6 Å². The summed E-state index contributed by atoms with van der Waals surface area (Å²) in [7, 11) is -3.46. The molecule has 0 aromatic heterocycles. The van der Waals surface area contributed by atoms with Crippen LogP contribution in [-0.2, 0) is 10.0 Å². The van der Waals surface area contributed by atoms with Crippen molar-refractivity contribution in [3.8, 4) is 6.07 Å². The van der Waals surface area contributed by atoms with Crippen LogP contribution in [0.3, 0.4) is 0 Å². The van der Waals surface area contributed by atoms with Gasteiger partial charge in [-0.1, -0.05) is 12.1 Å². The minimum Gasteiger partial charge on any atom is -0.290 e. The molecule has 110 valence electrons. The number of likely N-dealkylation sites (tertiary alicyclic amines) is 1. The van der Waals surface area contributed by atoms with Gasteiger partial charge in [0.1, 0.15) is 5.84 Å². The van der Waals surface area contributed by atoms with E-state index in [4.69, 9.17) is 5.26 Å². The fourth-order valence-corrected chi connectivity index (χ4v) is 3.96. The van der Waals surface area contributed by atoms with Crippen LogP contribution in [0.5, 0.6) is 0 Å². The van der Waals surface area contributed by atoms with Crippen molar-refractivity contribution in [2.24, 2.45) is 4.99 Å². The monoisotopic (exact) mass is 304 g/mol. The lowest BCUT2D eigenvalue weighted by Gasteiger charge is -2.28. The van der Waals surface area contributed by atoms with Crippen LogP contribution in [0.4, 0.5) is 0 Å². The Kier molecular flexibility index (Phi) is 3.66. The Balaban J connectivity index is 1.79. The molecule has 2 aliphatic heterocycles. The normalized spacial score (nSPS) is 23.5. The van der Waals surface area contributed by atoms with Crippen LogP contribution in [0, 0.1) is 11.3 Å². The SMILES string of the molecule is N#CCN1CCC(N=C2NS(=O)(=O)c3ccccc32)CC1. The van der Waals surface area contributed by atoms with Crippen LogP contribution in [-0.4, -0.2) is 44.8 Å². The number of benzene rings is 1. The summed E-state index contributed by atoms with van der Waals surface area (Å²) in [5.41, 5.74) is 0.650. The first-order valence-corrected chi connectivity index (χ1v) is 8.38. The number of rotatable bonds is 2. The molecule has 0 bridgehead atoms. The summed E-state index contributed by atoms with van der Waals surface area (Å²) >= 11 is 0. The van der Waals surface area contributed by atoms with Gasteiger partial charge in [0.15, 0.2) is 0 Å². The summed E-state index contributed by atoms with van der Waals surface area (Å²) in [5, 5.41) is 8.69. The van der Waals surface area contributed by atoms with Crippen LogP contribution in [0.2, 0.25) is 0 Å². The minimum absolute atomic E-state index is 0.101. The molecule has 3 rings (SSSR count). The number of nitriles is 1. The highest BCUT2D eigenvalue weighted by Crippen LogP contribution is 2.24. The highest BCUT2D eigenvalue weighted by Gasteiger charge is 2.31. The summed E-state index contributed by atoms with van der Waals surface area (Å²) < 4.78 is 26.5. The molecule has 1 fully saturated rings. The molecule has 1 saturated heterocycles. The molecule has 0 radical (unpaired) electrons. The van der Waals surface area contributed by atoms with Gasteiger partial charge < -0.3 is 0 Å². The van der Waals surface area contributed by atoms with Crippen molar-refractivity contribution in [3.63, 3.8) is 0 Å². The lowest BCUT2D eigenvalue weighted by Crippen LogP contribution is -2.36. The molecule has 0 unspecified atom stereocenters. The molecule has 0 aliphatic carbocycles. The molecule has 7 heteroatoms. The Labute approximate surface area is 124 Å². The van der Waals surface area contributed by atoms with Gasteiger partial charge in [0.25, 0.3) is 10.0 Å². The number of fused-ring (bicyclic) bond motifs is 1. The molecule has 21 heavy (non-hydrogen) atoms. The van der Waals surface area contributed by atoms with E-state index in [1.54, 1.807) is 18.2 Å². The highest BCUT2D eigenvalue weighted by atomic mass is 32.2. The summed E-state index contributed by atoms with van der Waals surface area (Å²) in [6.07, 6.45) is 1.68. The molecule has 2 heterocycles. The van der Waals surface area contributed by atoms with Crippen LogP contribution >= 0.6 is 0 Å². The average molecular weight is 304 g/mol. The molecule has 2 aliphatic rings. The van der Waals surface area contributed by atoms with Crippen LogP contribution in [0.1, 0.15) is 18.4 Å². The second kappa shape index (κ2) is 5.47. The third kappa shape index (κ3) is 2.77. The van der Waals surface area contributed by atoms with Gasteiger partial charge in [0.05, 0.1) is 23.6 Å². The summed E-state index contributed by atoms with van der Waals surface area (Å²) in [4.78, 5) is 6.97. The van der Waals surface area contributed by atoms with E-state index in [9.17, 15) is 8.42 Å². The predicted molar refractivity (Wildman–Crippen MR) is 78.4 cm³/mol. The number of nitrogens with zero attached hydrogens (tertiary/aromatic N) is 3. The van der Waals surface area contributed by atoms with E-state index in [0.717, 1.165) is 25.9 Å². The van der Waals surface area contributed by atoms with Crippen LogP contribution < -0.4 is 4.72 Å². The zero-order chi connectivity index (χ0) is 14.9. The number of nitrogens with one attached hydrogen (secondary N) is 1. The summed E-state index contributed by atoms with van der Waals surface area (Å²) in [6.45, 7) is 2.09. The first-order valence-electron chi connectivity index (χ1n) is 6.89. The van der Waals surface area contributed by atoms with E-state index in [1.165, 1.54) is 0 Å². The van der Waals surface area contributed by atoms with Gasteiger partial charge in [-0.05, 0) is 25.0 Å². The first-order chi connectivity index (χ1) is 10.1. The Morgan fingerprint density at radius 3 is 2.76 bits per heavy atom. The number of aliphatic imine (C=N–C) groups is 1. The fourth-order valence-electron chi connectivity index (χ4n) is 2.72. The van der Waals surface area contributed by atoms with Gasteiger partial charge in [0, 0.05) is 18.7 Å². The Morgan fingerprint density at radius 2 is 2.05 bits per heavy atom. The molecule has 1 N–H and O–H groups in total. The van der Waals surface area contributed by atoms with Gasteiger partial charge in [-0.15, -0.1) is 0 Å². The second-order valence-corrected chi connectivity index (χ2v) is 6.90. The number of hydrogen-bond acceptors (Lipinski definition) is 5. The Hall–Kier alpha value is -1.91. The number of hydrogen-bond donors (Lipinski definition) is 1. The predicted octanol–water partition coefficient (Wildman–Crippen LogP) is 0.713. The Morgan fingerprint density at radius 1 is 1.33 bits per heavy atom. The maximum absolute atomic E-state index is 12.0. The lowest BCUT2D eigenvalue weighted by molar-refractivity contribution is 0.236. The maximum atomic E-state index is 12.0. The smallest absolute Gasteiger partial charge is 0.263 e. The standard InChI is InChI=1S/C14H16N4O2S/c15-7-10-18-8-5-11(6-9-18)16-14-12-3-1-2-4-13(12)21(19,20)17-14/h1-4,11H,5-6,8-10H2,(H,16,17). The Bertz CT molecular complexity index is 713. The zero-order valence-electron chi connectivity index (χ0n) is 11.5. The van der Waals surface area contributed by atoms with Crippen LogP contribution in [0.25, 0.3) is 0 Å². The average Bonchev–Trinajstić information content (AvgIpc) is 2.73. The lowest BCUT2D eigenvalue weighted by atomic mass is 10.1. The molecule has 0 atom stereocenters. The first kappa shape index (κ1) is 14.0. The van der Waals surface area contributed by atoms with Crippen LogP contribution in [0.15, 0.2) is 34.2 Å². The molecule has 0 spiro atoms. The molecular weight excluding hydrogens is 288 g/mol. The molecule has 0 saturated carbocycles. The van der Waals surface area contributed by atoms with E-state index < -0.39 is 10.0 Å². The zero-order valence-corrected chi connectivity index (χ0v) is 12.3. The van der Waals surface area contributed by atoms with Crippen molar-refractivity contribution in [2.75, 3.05) is 19.6 Å². The molecule has 1 aromatic rings. The van der Waals surface area contributed by atoms with Crippen molar-refractivity contribution in [1.29, 1.82) is 5.26 Å². The molecule has 6 nitrogen and oxygen atoms in total. The van der Waals surface area contributed by atoms with Gasteiger partial charge in [-0.25, -0.2) is 8.42 Å². The maximum Gasteiger partial charge on any atom is 0.263 e. The van der Waals surface area contributed by atoms with E-state index >= 15 is 0 Å². The minimum atomic E-state index is -3.46. The summed E-state index contributed by atoms with van der Waals surface area (Å²) in [5.74, 6) is 0.448. The third-order valence-electron chi connectivity index (χ3n) is 3.83. The van der Waals surface area contributed by atoms with Crippen molar-refractivity contribution in [1.82, 2.24) is 9.62 Å². The largest absolute Gasteiger partial charge is 0.290 e. The molecule has 0 amide bonds. The van der Waals surface area contributed by atoms with Gasteiger partial charge in [0.2, 0.25) is 0 Å². The second-order valence-electron chi connectivity index (χ2n) is 5.24. The van der Waals surface area contributed by atoms with Crippen molar-refractivity contribution in [2.45, 2.75) is 23.8 Å². The van der Waals surface area contributed by atoms with Crippen molar-refractivity contribution < 1.29 is 8.42 Å². The quantitative estimate of drug-likeness (QED) is 0.816. The highest BCUT2D eigenvalue weighted by molar-refractivity contribution is 7.90. The molecular formula is C14H16N4O2S. The number of sulfonamides is 1. The van der Waals surface area contributed by atoms with E-state index in [2.05, 4.69) is 20.7 Å². The van der Waals surface area contributed by atoms with Gasteiger partial charge in [-0.2, -0.15) is 5.26 Å². The summed E-state index contributed by atoms with van der Waals surface area (Å²) in [6, 6.07) is 9.14. The van der Waals surface area contributed by atoms with Gasteiger partial charge >= 0.3 is 0 Å². The third-order valence-corrected chi connectivity index (χ3v) is 5.22. The van der Waals surface area contributed by atoms with Gasteiger partial charge in [-0.3, -0.25) is 14.6 Å².